The molecule has 2 aromatic heterocycles. The Hall–Kier alpha value is -3.95. The number of carbonyl (C=O) groups excluding carboxylic acids is 1. The molecule has 7 fully saturated rings. The zero-order chi connectivity index (χ0) is 40.1. The van der Waals surface area contributed by atoms with E-state index >= 15 is 0 Å². The number of carboxylic acid groups (broad SMARTS) is 1. The first-order valence-corrected chi connectivity index (χ1v) is 20.3. The third-order valence-corrected chi connectivity index (χ3v) is 14.2. The van der Waals surface area contributed by atoms with Crippen molar-refractivity contribution >= 4 is 22.8 Å². The Kier molecular flexibility index (Phi) is 9.35. The zero-order valence-corrected chi connectivity index (χ0v) is 31.3. The fourth-order valence-corrected chi connectivity index (χ4v) is 11.4. The molecule has 308 valence electrons. The van der Waals surface area contributed by atoms with Gasteiger partial charge in [0.1, 0.15) is 11.3 Å². The van der Waals surface area contributed by atoms with E-state index in [1.165, 1.54) is 0 Å². The summed E-state index contributed by atoms with van der Waals surface area (Å²) in [5.74, 6) is -7.86. The lowest BCUT2D eigenvalue weighted by Crippen LogP contribution is -2.66. The number of aromatic nitrogens is 3. The van der Waals surface area contributed by atoms with Crippen molar-refractivity contribution in [3.63, 3.8) is 0 Å². The van der Waals surface area contributed by atoms with Crippen LogP contribution in [0.15, 0.2) is 30.6 Å². The molecule has 3 heterocycles. The highest BCUT2D eigenvalue weighted by Gasteiger charge is 2.60. The Bertz CT molecular complexity index is 2040. The predicted molar refractivity (Wildman–Crippen MR) is 193 cm³/mol. The Labute approximate surface area is 324 Å². The van der Waals surface area contributed by atoms with E-state index in [0.29, 0.717) is 79.9 Å². The second kappa shape index (κ2) is 13.8. The molecule has 1 aliphatic heterocycles. The van der Waals surface area contributed by atoms with Crippen LogP contribution in [0.5, 0.6) is 5.75 Å². The van der Waals surface area contributed by atoms with Crippen LogP contribution in [0.2, 0.25) is 0 Å². The first kappa shape index (κ1) is 38.6. The summed E-state index contributed by atoms with van der Waals surface area (Å²) in [4.78, 5) is 36.9. The van der Waals surface area contributed by atoms with Crippen LogP contribution in [0.1, 0.15) is 112 Å². The number of aliphatic carboxylic acids is 1. The molecule has 5 atom stereocenters. The number of alkyl halides is 7. The fourth-order valence-electron chi connectivity index (χ4n) is 11.4. The first-order valence-electron chi connectivity index (χ1n) is 20.3. The molecular formula is C41H46F7N5O4. The van der Waals surface area contributed by atoms with Crippen molar-refractivity contribution in [2.24, 2.45) is 23.7 Å². The highest BCUT2D eigenvalue weighted by Crippen LogP contribution is 2.56. The zero-order valence-electron chi connectivity index (χ0n) is 31.3. The monoisotopic (exact) mass is 805 g/mol. The highest BCUT2D eigenvalue weighted by molar-refractivity contribution is 6.00. The first-order chi connectivity index (χ1) is 27.0. The molecule has 1 saturated heterocycles. The minimum atomic E-state index is -5.11. The molecule has 6 saturated carbocycles. The summed E-state index contributed by atoms with van der Waals surface area (Å²) in [6.07, 6.45) is 3.54. The fraction of sp³-hybridized carbons (Fsp3) is 0.659. The standard InChI is InChI=1S/C41H46F7N5O4/c42-38(43)11-9-27(10-12-38)53-19-32(30-8-7-29(17-33(30)53)57-28-5-3-26(4-6-28)52-20-39(44,45)21-52)35-49-18-31(34(50-35)41(46,47)48)36(54)51-40(37(55)56)24-2-1-22-13-23(15-24)16-25(40)14-22/h7-8,17-19,22-28H,1-6,9-16,20-21H2,(H,51,54)(H,55,56)/t22?,23?,24?,25?,26-,28-,40?. The van der Waals surface area contributed by atoms with Gasteiger partial charge in [0.05, 0.1) is 30.3 Å². The van der Waals surface area contributed by atoms with Crippen molar-refractivity contribution in [2.45, 2.75) is 132 Å². The lowest BCUT2D eigenvalue weighted by molar-refractivity contribution is -0.154. The largest absolute Gasteiger partial charge is 0.490 e. The summed E-state index contributed by atoms with van der Waals surface area (Å²) >= 11 is 0. The van der Waals surface area contributed by atoms with E-state index in [-0.39, 0.29) is 62.3 Å². The number of fused-ring (bicyclic) bond motifs is 2. The van der Waals surface area contributed by atoms with Crippen molar-refractivity contribution in [3.05, 3.63) is 41.9 Å². The van der Waals surface area contributed by atoms with E-state index in [9.17, 15) is 45.4 Å². The van der Waals surface area contributed by atoms with E-state index in [1.807, 2.05) is 0 Å². The van der Waals surface area contributed by atoms with Crippen LogP contribution in [0.25, 0.3) is 22.3 Å². The molecule has 3 aromatic rings. The lowest BCUT2D eigenvalue weighted by Gasteiger charge is -2.50. The number of nitrogens with one attached hydrogen (secondary N) is 1. The summed E-state index contributed by atoms with van der Waals surface area (Å²) in [5, 5.41) is 13.7. The van der Waals surface area contributed by atoms with Gasteiger partial charge < -0.3 is 19.7 Å². The molecule has 16 heteroatoms. The van der Waals surface area contributed by atoms with Gasteiger partial charge in [-0.1, -0.05) is 6.42 Å². The predicted octanol–water partition coefficient (Wildman–Crippen LogP) is 8.91. The van der Waals surface area contributed by atoms with Crippen LogP contribution >= 0.6 is 0 Å². The number of carboxylic acids is 1. The lowest BCUT2D eigenvalue weighted by atomic mass is 9.58. The van der Waals surface area contributed by atoms with Crippen LogP contribution in [-0.4, -0.2) is 79.0 Å². The maximum absolute atomic E-state index is 14.9. The smallest absolute Gasteiger partial charge is 0.434 e. The molecule has 7 aliphatic rings. The average molecular weight is 806 g/mol. The quantitative estimate of drug-likeness (QED) is 0.219. The highest BCUT2D eigenvalue weighted by atomic mass is 19.4. The van der Waals surface area contributed by atoms with Gasteiger partial charge in [-0.25, -0.2) is 32.3 Å². The van der Waals surface area contributed by atoms with Gasteiger partial charge in [0, 0.05) is 54.3 Å². The second-order valence-electron chi connectivity index (χ2n) is 17.8. The summed E-state index contributed by atoms with van der Waals surface area (Å²) in [6, 6.07) is 4.75. The maximum Gasteiger partial charge on any atom is 0.434 e. The van der Waals surface area contributed by atoms with Gasteiger partial charge in [0.15, 0.2) is 11.5 Å². The van der Waals surface area contributed by atoms with Crippen molar-refractivity contribution in [3.8, 4) is 17.1 Å². The van der Waals surface area contributed by atoms with E-state index in [4.69, 9.17) is 4.74 Å². The molecule has 57 heavy (non-hydrogen) atoms. The van der Waals surface area contributed by atoms with Gasteiger partial charge >= 0.3 is 12.1 Å². The second-order valence-corrected chi connectivity index (χ2v) is 17.8. The van der Waals surface area contributed by atoms with Crippen LogP contribution in [0, 0.1) is 23.7 Å². The SMILES string of the molecule is O=C(NC1(C(=O)O)C2CCC3CC(C2)CC1C3)c1cnc(-c2cn(C3CCC(F)(F)CC3)c3cc(O[C@H]4CC[C@H](N5CC(F)(F)C5)CC4)ccc23)nc1C(F)(F)F. The van der Waals surface area contributed by atoms with Crippen molar-refractivity contribution < 1.29 is 50.2 Å². The number of carbonyl (C=O) groups is 2. The van der Waals surface area contributed by atoms with E-state index < -0.39 is 64.6 Å². The molecule has 4 bridgehead atoms. The molecule has 10 rings (SSSR count). The van der Waals surface area contributed by atoms with Crippen molar-refractivity contribution in [1.29, 1.82) is 0 Å². The van der Waals surface area contributed by atoms with Crippen molar-refractivity contribution in [1.82, 2.24) is 24.8 Å². The third kappa shape index (κ3) is 7.04. The van der Waals surface area contributed by atoms with E-state index in [1.54, 1.807) is 33.9 Å². The summed E-state index contributed by atoms with van der Waals surface area (Å²) < 4.78 is 108. The number of benzene rings is 1. The molecule has 5 unspecified atom stereocenters. The van der Waals surface area contributed by atoms with E-state index in [2.05, 4.69) is 15.3 Å². The van der Waals surface area contributed by atoms with Gasteiger partial charge in [-0.2, -0.15) is 13.2 Å². The summed E-state index contributed by atoms with van der Waals surface area (Å²) in [6.45, 7) is -0.466. The molecule has 0 spiro atoms. The summed E-state index contributed by atoms with van der Waals surface area (Å²) in [7, 11) is 0. The number of amides is 1. The molecule has 2 N–H and O–H groups in total. The Balaban J connectivity index is 1.02. The molecule has 9 nitrogen and oxygen atoms in total. The number of hydrogen-bond donors (Lipinski definition) is 2. The Morgan fingerprint density at radius 1 is 0.842 bits per heavy atom. The number of nitrogens with zero attached hydrogens (tertiary/aromatic N) is 4. The van der Waals surface area contributed by atoms with Crippen LogP contribution in [0.3, 0.4) is 0 Å². The molecular weight excluding hydrogens is 759 g/mol. The Morgan fingerprint density at radius 2 is 1.54 bits per heavy atom. The van der Waals surface area contributed by atoms with Gasteiger partial charge in [-0.15, -0.1) is 0 Å². The minimum Gasteiger partial charge on any atom is -0.490 e. The average Bonchev–Trinajstić information content (AvgIpc) is 3.40. The van der Waals surface area contributed by atoms with Crippen LogP contribution in [0.4, 0.5) is 30.7 Å². The van der Waals surface area contributed by atoms with Gasteiger partial charge in [0.2, 0.25) is 5.92 Å². The van der Waals surface area contributed by atoms with Crippen LogP contribution < -0.4 is 10.1 Å². The number of ether oxygens (including phenoxy) is 1. The van der Waals surface area contributed by atoms with Crippen molar-refractivity contribution in [2.75, 3.05) is 13.1 Å². The van der Waals surface area contributed by atoms with Gasteiger partial charge in [0.25, 0.3) is 11.8 Å². The molecule has 1 aromatic carbocycles. The minimum absolute atomic E-state index is 0.0653. The number of likely N-dealkylation sites (tertiary alicyclic amines) is 1. The molecule has 0 radical (unpaired) electrons. The van der Waals surface area contributed by atoms with Gasteiger partial charge in [-0.3, -0.25) is 9.69 Å². The van der Waals surface area contributed by atoms with Crippen LogP contribution in [-0.2, 0) is 11.0 Å². The molecule has 6 aliphatic carbocycles. The number of hydrogen-bond acceptors (Lipinski definition) is 6. The maximum atomic E-state index is 14.9. The van der Waals surface area contributed by atoms with Gasteiger partial charge in [-0.05, 0) is 106 Å². The van der Waals surface area contributed by atoms with E-state index in [0.717, 1.165) is 19.0 Å². The third-order valence-electron chi connectivity index (χ3n) is 14.2. The number of rotatable bonds is 8. The summed E-state index contributed by atoms with van der Waals surface area (Å²) in [5.41, 5.74) is -3.32. The Morgan fingerprint density at radius 3 is 2.23 bits per heavy atom. The number of halogens is 7. The topological polar surface area (TPSA) is 110 Å². The molecule has 1 amide bonds. The normalized spacial score (nSPS) is 32.5.